The molecular formula is C30H31ClN4OS2. The van der Waals surface area contributed by atoms with Gasteiger partial charge in [0.05, 0.1) is 11.4 Å². The first-order valence-corrected chi connectivity index (χ1v) is 15.0. The first-order valence-electron chi connectivity index (χ1n) is 13.0. The lowest BCUT2D eigenvalue weighted by Crippen LogP contribution is -2.32. The fourth-order valence-corrected chi connectivity index (χ4v) is 7.24. The summed E-state index contributed by atoms with van der Waals surface area (Å²) in [7, 11) is 0. The Balaban J connectivity index is 1.49. The van der Waals surface area contributed by atoms with E-state index >= 15 is 0 Å². The molecule has 1 saturated heterocycles. The summed E-state index contributed by atoms with van der Waals surface area (Å²) in [6, 6.07) is 24.5. The van der Waals surface area contributed by atoms with Crippen LogP contribution in [-0.4, -0.2) is 42.2 Å². The van der Waals surface area contributed by atoms with E-state index in [0.717, 1.165) is 57.4 Å². The van der Waals surface area contributed by atoms with Gasteiger partial charge in [-0.15, -0.1) is 0 Å². The highest BCUT2D eigenvalue weighted by molar-refractivity contribution is 8.19. The van der Waals surface area contributed by atoms with Crippen LogP contribution >= 0.6 is 35.1 Å². The Hall–Kier alpha value is -2.87. The molecule has 38 heavy (non-hydrogen) atoms. The van der Waals surface area contributed by atoms with Crippen LogP contribution in [0, 0.1) is 0 Å². The van der Waals surface area contributed by atoms with Crippen molar-refractivity contribution in [3.05, 3.63) is 93.3 Å². The molecule has 5 nitrogen and oxygen atoms in total. The largest absolute Gasteiger partial charge is 0.372 e. The second kappa shape index (κ2) is 11.9. The normalized spacial score (nSPS) is 18.0. The molecule has 5 rings (SSSR count). The maximum atomic E-state index is 13.9. The zero-order chi connectivity index (χ0) is 26.6. The number of fused-ring (bicyclic) bond motifs is 1. The highest BCUT2D eigenvalue weighted by atomic mass is 35.5. The molecule has 0 radical (unpaired) electrons. The van der Waals surface area contributed by atoms with E-state index in [0.29, 0.717) is 11.6 Å². The van der Waals surface area contributed by atoms with Gasteiger partial charge in [0, 0.05) is 41.8 Å². The topological polar surface area (TPSA) is 39.1 Å². The number of carbonyl (C=O) groups excluding carboxylic acids is 1. The van der Waals surface area contributed by atoms with E-state index in [1.807, 2.05) is 53.4 Å². The van der Waals surface area contributed by atoms with Crippen molar-refractivity contribution in [3.63, 3.8) is 0 Å². The number of carbonyl (C=O) groups is 1. The van der Waals surface area contributed by atoms with Crippen LogP contribution < -0.4 is 9.80 Å². The van der Waals surface area contributed by atoms with Crippen LogP contribution in [-0.2, 0) is 11.2 Å². The molecule has 196 valence electrons. The maximum absolute atomic E-state index is 13.9. The van der Waals surface area contributed by atoms with Crippen molar-refractivity contribution in [2.75, 3.05) is 36.0 Å². The van der Waals surface area contributed by atoms with Gasteiger partial charge in [0.2, 0.25) is 0 Å². The van der Waals surface area contributed by atoms with Crippen molar-refractivity contribution in [1.29, 1.82) is 0 Å². The summed E-state index contributed by atoms with van der Waals surface area (Å²) in [6.07, 6.45) is 0.760. The number of amidine groups is 1. The third-order valence-electron chi connectivity index (χ3n) is 6.71. The summed E-state index contributed by atoms with van der Waals surface area (Å²) in [4.78, 5) is 27.0. The summed E-state index contributed by atoms with van der Waals surface area (Å²) in [6.45, 7) is 9.64. The van der Waals surface area contributed by atoms with E-state index < -0.39 is 0 Å². The van der Waals surface area contributed by atoms with Crippen molar-refractivity contribution in [2.24, 2.45) is 4.99 Å². The Morgan fingerprint density at radius 2 is 1.63 bits per heavy atom. The van der Waals surface area contributed by atoms with Crippen molar-refractivity contribution in [3.8, 4) is 0 Å². The molecule has 8 heteroatoms. The second-order valence-electron chi connectivity index (χ2n) is 8.97. The number of hydrogen-bond acceptors (Lipinski definition) is 6. The van der Waals surface area contributed by atoms with Gasteiger partial charge in [0.25, 0.3) is 5.91 Å². The molecule has 0 bridgehead atoms. The van der Waals surface area contributed by atoms with E-state index in [9.17, 15) is 4.79 Å². The highest BCUT2D eigenvalue weighted by Gasteiger charge is 2.39. The Labute approximate surface area is 238 Å². The number of hydrogen-bond donors (Lipinski definition) is 0. The van der Waals surface area contributed by atoms with Gasteiger partial charge < -0.3 is 9.80 Å². The number of thioether (sulfide) groups is 2. The molecule has 0 saturated carbocycles. The molecule has 1 amide bonds. The number of aliphatic imine (C=N–C) groups is 1. The lowest BCUT2D eigenvalue weighted by Gasteiger charge is -2.21. The highest BCUT2D eigenvalue weighted by Crippen LogP contribution is 2.51. The quantitative estimate of drug-likeness (QED) is 0.262. The first kappa shape index (κ1) is 26.7. The lowest BCUT2D eigenvalue weighted by molar-refractivity contribution is -0.122. The van der Waals surface area contributed by atoms with Gasteiger partial charge in [-0.3, -0.25) is 9.69 Å². The standard InChI is InChI=1S/C30H31ClN4OS2/c1-4-33(5-2)24-15-13-23(14-16-24)32-30-35(19-18-21-10-8-7-9-11-21)28(36)27(38-30)29-34(6-3)25-20-22(31)12-17-26(25)37-29/h7-17,20H,4-6,18-19H2,1-3H3. The number of benzene rings is 3. The minimum absolute atomic E-state index is 0.00398. The maximum Gasteiger partial charge on any atom is 0.269 e. The molecular weight excluding hydrogens is 532 g/mol. The monoisotopic (exact) mass is 562 g/mol. The van der Waals surface area contributed by atoms with Crippen molar-refractivity contribution in [1.82, 2.24) is 4.90 Å². The minimum atomic E-state index is 0.00398. The number of nitrogens with zero attached hydrogens (tertiary/aromatic N) is 4. The molecule has 0 aliphatic carbocycles. The SMILES string of the molecule is CCN(CC)c1ccc(N=C2SC(=C3Sc4ccc(Cl)cc4N3CC)C(=O)N2CCc2ccccc2)cc1. The van der Waals surface area contributed by atoms with Gasteiger partial charge in [-0.05, 0) is 87.0 Å². The third kappa shape index (κ3) is 5.46. The molecule has 2 aliphatic heterocycles. The molecule has 0 spiro atoms. The lowest BCUT2D eigenvalue weighted by atomic mass is 10.1. The van der Waals surface area contributed by atoms with E-state index in [4.69, 9.17) is 16.6 Å². The third-order valence-corrected chi connectivity index (χ3v) is 9.32. The molecule has 0 unspecified atom stereocenters. The summed E-state index contributed by atoms with van der Waals surface area (Å²) in [5.41, 5.74) is 4.26. The Morgan fingerprint density at radius 1 is 0.895 bits per heavy atom. The molecule has 0 atom stereocenters. The average molecular weight is 563 g/mol. The Morgan fingerprint density at radius 3 is 2.32 bits per heavy atom. The van der Waals surface area contributed by atoms with E-state index in [2.05, 4.69) is 54.8 Å². The molecule has 3 aromatic carbocycles. The van der Waals surface area contributed by atoms with Crippen LogP contribution in [0.15, 0.2) is 92.6 Å². The van der Waals surface area contributed by atoms with Gasteiger partial charge >= 0.3 is 0 Å². The Kier molecular flexibility index (Phi) is 8.36. The molecule has 3 aromatic rings. The van der Waals surface area contributed by atoms with Crippen LogP contribution in [0.1, 0.15) is 26.3 Å². The van der Waals surface area contributed by atoms with Gasteiger partial charge in [-0.2, -0.15) is 0 Å². The van der Waals surface area contributed by atoms with Gasteiger partial charge in [-0.1, -0.05) is 53.7 Å². The van der Waals surface area contributed by atoms with Gasteiger partial charge in [-0.25, -0.2) is 4.99 Å². The zero-order valence-electron chi connectivity index (χ0n) is 21.9. The van der Waals surface area contributed by atoms with Crippen molar-refractivity contribution >= 4 is 63.3 Å². The number of amides is 1. The number of halogens is 1. The van der Waals surface area contributed by atoms with E-state index in [1.165, 1.54) is 23.0 Å². The van der Waals surface area contributed by atoms with Gasteiger partial charge in [0.15, 0.2) is 5.17 Å². The van der Waals surface area contributed by atoms with Crippen LogP contribution in [0.3, 0.4) is 0 Å². The van der Waals surface area contributed by atoms with Crippen LogP contribution in [0.2, 0.25) is 5.02 Å². The summed E-state index contributed by atoms with van der Waals surface area (Å²) in [5.74, 6) is 0.00398. The van der Waals surface area contributed by atoms with Crippen molar-refractivity contribution < 1.29 is 4.79 Å². The fourth-order valence-electron chi connectivity index (χ4n) is 4.68. The average Bonchev–Trinajstić information content (AvgIpc) is 3.45. The number of anilines is 2. The summed E-state index contributed by atoms with van der Waals surface area (Å²) in [5, 5.41) is 2.36. The second-order valence-corrected chi connectivity index (χ2v) is 11.4. The number of rotatable bonds is 8. The molecule has 2 aliphatic rings. The predicted molar refractivity (Wildman–Crippen MR) is 164 cm³/mol. The van der Waals surface area contributed by atoms with Crippen LogP contribution in [0.4, 0.5) is 17.1 Å². The molecule has 1 fully saturated rings. The Bertz CT molecular complexity index is 1370. The van der Waals surface area contributed by atoms with Crippen molar-refractivity contribution in [2.45, 2.75) is 32.1 Å². The summed E-state index contributed by atoms with van der Waals surface area (Å²) < 4.78 is 0. The minimum Gasteiger partial charge on any atom is -0.372 e. The summed E-state index contributed by atoms with van der Waals surface area (Å²) >= 11 is 9.41. The van der Waals surface area contributed by atoms with Crippen LogP contribution in [0.25, 0.3) is 0 Å². The van der Waals surface area contributed by atoms with E-state index in [1.54, 1.807) is 11.8 Å². The smallest absolute Gasteiger partial charge is 0.269 e. The fraction of sp³-hybridized carbons (Fsp3) is 0.267. The molecule has 0 N–H and O–H groups in total. The predicted octanol–water partition coefficient (Wildman–Crippen LogP) is 7.79. The zero-order valence-corrected chi connectivity index (χ0v) is 24.2. The van der Waals surface area contributed by atoms with Gasteiger partial charge in [0.1, 0.15) is 9.93 Å². The molecule has 2 heterocycles. The van der Waals surface area contributed by atoms with E-state index in [-0.39, 0.29) is 5.91 Å². The van der Waals surface area contributed by atoms with Crippen LogP contribution in [0.5, 0.6) is 0 Å². The molecule has 0 aromatic heterocycles. The first-order chi connectivity index (χ1) is 18.5.